The molecule has 25 heavy (non-hydrogen) atoms. The Kier molecular flexibility index (Phi) is 8.28. The minimum Gasteiger partial charge on any atom is -0.486 e. The Labute approximate surface area is 158 Å². The van der Waals surface area contributed by atoms with Crippen molar-refractivity contribution < 1.29 is 14.3 Å². The van der Waals surface area contributed by atoms with Gasteiger partial charge < -0.3 is 9.47 Å². The minimum absolute atomic E-state index is 0.175. The molecule has 0 bridgehead atoms. The topological polar surface area (TPSA) is 48.4 Å². The number of benzene rings is 1. The van der Waals surface area contributed by atoms with Gasteiger partial charge in [0.05, 0.1) is 35.8 Å². The lowest BCUT2D eigenvalue weighted by atomic mass is 10.1. The lowest BCUT2D eigenvalue weighted by Crippen LogP contribution is -2.20. The summed E-state index contributed by atoms with van der Waals surface area (Å²) in [7, 11) is 0. The van der Waals surface area contributed by atoms with E-state index in [0.717, 1.165) is 40.9 Å². The Hall–Kier alpha value is -1.53. The highest BCUT2D eigenvalue weighted by molar-refractivity contribution is 7.80. The van der Waals surface area contributed by atoms with Gasteiger partial charge in [0.2, 0.25) is 0 Å². The SMILES string of the molecule is CCCCOC(=O)CC(C(=S)OCCCC)c1nc2ccccc2s1. The number of carbonyl (C=O) groups is 1. The third-order valence-electron chi connectivity index (χ3n) is 3.77. The van der Waals surface area contributed by atoms with Crippen molar-refractivity contribution in [1.29, 1.82) is 0 Å². The van der Waals surface area contributed by atoms with Crippen LogP contribution in [0.4, 0.5) is 0 Å². The summed E-state index contributed by atoms with van der Waals surface area (Å²) in [5.74, 6) is -0.586. The molecule has 0 aliphatic carbocycles. The van der Waals surface area contributed by atoms with Gasteiger partial charge in [0.1, 0.15) is 5.01 Å². The highest BCUT2D eigenvalue weighted by Crippen LogP contribution is 2.31. The molecular formula is C19H25NO3S2. The second kappa shape index (κ2) is 10.5. The number of hydrogen-bond donors (Lipinski definition) is 0. The number of fused-ring (bicyclic) bond motifs is 1. The van der Waals surface area contributed by atoms with E-state index in [9.17, 15) is 4.79 Å². The van der Waals surface area contributed by atoms with Crippen LogP contribution in [0.3, 0.4) is 0 Å². The average molecular weight is 380 g/mol. The zero-order chi connectivity index (χ0) is 18.1. The molecule has 0 spiro atoms. The molecule has 0 aliphatic rings. The quantitative estimate of drug-likeness (QED) is 0.320. The van der Waals surface area contributed by atoms with Gasteiger partial charge in [-0.05, 0) is 37.2 Å². The molecule has 0 fully saturated rings. The van der Waals surface area contributed by atoms with Crippen LogP contribution in [0.2, 0.25) is 0 Å². The summed E-state index contributed by atoms with van der Waals surface area (Å²) in [6, 6.07) is 7.92. The van der Waals surface area contributed by atoms with Crippen LogP contribution in [0.15, 0.2) is 24.3 Å². The number of aromatic nitrogens is 1. The van der Waals surface area contributed by atoms with Crippen LogP contribution in [0, 0.1) is 0 Å². The normalized spacial score (nSPS) is 12.1. The molecule has 1 unspecified atom stereocenters. The molecule has 1 atom stereocenters. The fraction of sp³-hybridized carbons (Fsp3) is 0.526. The maximum Gasteiger partial charge on any atom is 0.306 e. The highest BCUT2D eigenvalue weighted by Gasteiger charge is 2.26. The summed E-state index contributed by atoms with van der Waals surface area (Å²) in [6.07, 6.45) is 4.01. The van der Waals surface area contributed by atoms with E-state index in [1.807, 2.05) is 24.3 Å². The number of thiazole rings is 1. The summed E-state index contributed by atoms with van der Waals surface area (Å²) < 4.78 is 12.1. The molecule has 0 amide bonds. The third-order valence-corrected chi connectivity index (χ3v) is 5.32. The first-order valence-corrected chi connectivity index (χ1v) is 10.1. The van der Waals surface area contributed by atoms with Gasteiger partial charge in [-0.15, -0.1) is 11.3 Å². The summed E-state index contributed by atoms with van der Waals surface area (Å²) in [4.78, 5) is 16.8. The van der Waals surface area contributed by atoms with Crippen molar-refractivity contribution in [2.24, 2.45) is 0 Å². The molecule has 136 valence electrons. The molecule has 0 saturated heterocycles. The Balaban J connectivity index is 2.13. The number of ether oxygens (including phenoxy) is 2. The van der Waals surface area contributed by atoms with Crippen LogP contribution in [0.5, 0.6) is 0 Å². The number of thiocarbonyl (C=S) groups is 1. The predicted molar refractivity (Wildman–Crippen MR) is 106 cm³/mol. The van der Waals surface area contributed by atoms with E-state index in [2.05, 4.69) is 18.8 Å². The van der Waals surface area contributed by atoms with Crippen LogP contribution in [0.25, 0.3) is 10.2 Å². The summed E-state index contributed by atoms with van der Waals surface area (Å²) in [5, 5.41) is 1.25. The Morgan fingerprint density at radius 1 is 1.16 bits per heavy atom. The summed E-state index contributed by atoms with van der Waals surface area (Å²) >= 11 is 7.02. The second-order valence-electron chi connectivity index (χ2n) is 5.87. The molecule has 0 N–H and O–H groups in total. The highest BCUT2D eigenvalue weighted by atomic mass is 32.1. The molecule has 0 radical (unpaired) electrons. The maximum absolute atomic E-state index is 12.2. The van der Waals surface area contributed by atoms with Crippen molar-refractivity contribution in [2.75, 3.05) is 13.2 Å². The van der Waals surface area contributed by atoms with E-state index in [-0.39, 0.29) is 18.3 Å². The van der Waals surface area contributed by atoms with Crippen molar-refractivity contribution in [2.45, 2.75) is 51.9 Å². The first kappa shape index (κ1) is 19.8. The van der Waals surface area contributed by atoms with Gasteiger partial charge in [0.15, 0.2) is 5.05 Å². The van der Waals surface area contributed by atoms with E-state index in [0.29, 0.717) is 18.3 Å². The van der Waals surface area contributed by atoms with Gasteiger partial charge in [-0.1, -0.05) is 38.8 Å². The number of hydrogen-bond acceptors (Lipinski definition) is 6. The number of nitrogens with zero attached hydrogens (tertiary/aromatic N) is 1. The van der Waals surface area contributed by atoms with Crippen LogP contribution in [-0.2, 0) is 14.3 Å². The smallest absolute Gasteiger partial charge is 0.306 e. The van der Waals surface area contributed by atoms with Gasteiger partial charge in [-0.25, -0.2) is 4.98 Å². The standard InChI is InChI=1S/C19H25NO3S2/c1-3-5-11-22-17(21)13-14(19(24)23-12-6-4-2)18-20-15-9-7-8-10-16(15)25-18/h7-10,14H,3-6,11-13H2,1-2H3. The number of carbonyl (C=O) groups excluding carboxylic acids is 1. The lowest BCUT2D eigenvalue weighted by molar-refractivity contribution is -0.143. The van der Waals surface area contributed by atoms with Crippen LogP contribution in [0.1, 0.15) is 56.9 Å². The zero-order valence-corrected chi connectivity index (χ0v) is 16.5. The van der Waals surface area contributed by atoms with Gasteiger partial charge in [0.25, 0.3) is 0 Å². The number of para-hydroxylation sites is 1. The number of rotatable bonds is 10. The fourth-order valence-electron chi connectivity index (χ4n) is 2.28. The van der Waals surface area contributed by atoms with Crippen molar-refractivity contribution in [3.8, 4) is 0 Å². The number of esters is 1. The van der Waals surface area contributed by atoms with Gasteiger partial charge in [0, 0.05) is 0 Å². The average Bonchev–Trinajstić information content (AvgIpc) is 3.03. The van der Waals surface area contributed by atoms with Crippen LogP contribution >= 0.6 is 23.6 Å². The molecule has 2 aromatic rings. The van der Waals surface area contributed by atoms with Gasteiger partial charge >= 0.3 is 5.97 Å². The maximum atomic E-state index is 12.2. The summed E-state index contributed by atoms with van der Waals surface area (Å²) in [5.41, 5.74) is 0.920. The third kappa shape index (κ3) is 6.04. The second-order valence-corrected chi connectivity index (χ2v) is 7.34. The fourth-order valence-corrected chi connectivity index (χ4v) is 3.70. The molecule has 1 heterocycles. The van der Waals surface area contributed by atoms with E-state index in [4.69, 9.17) is 21.7 Å². The predicted octanol–water partition coefficient (Wildman–Crippen LogP) is 5.26. The minimum atomic E-state index is -0.335. The van der Waals surface area contributed by atoms with E-state index >= 15 is 0 Å². The van der Waals surface area contributed by atoms with Crippen molar-refractivity contribution >= 4 is 44.8 Å². The molecule has 0 aliphatic heterocycles. The van der Waals surface area contributed by atoms with Gasteiger partial charge in [-0.2, -0.15) is 0 Å². The molecule has 2 rings (SSSR count). The van der Waals surface area contributed by atoms with Crippen molar-refractivity contribution in [3.63, 3.8) is 0 Å². The molecule has 0 saturated carbocycles. The Morgan fingerprint density at radius 3 is 2.52 bits per heavy atom. The number of unbranched alkanes of at least 4 members (excludes halogenated alkanes) is 2. The molecular weight excluding hydrogens is 354 g/mol. The summed E-state index contributed by atoms with van der Waals surface area (Å²) in [6.45, 7) is 5.18. The van der Waals surface area contributed by atoms with Gasteiger partial charge in [-0.3, -0.25) is 4.79 Å². The molecule has 4 nitrogen and oxygen atoms in total. The van der Waals surface area contributed by atoms with Crippen LogP contribution < -0.4 is 0 Å². The molecule has 1 aromatic carbocycles. The Morgan fingerprint density at radius 2 is 1.84 bits per heavy atom. The van der Waals surface area contributed by atoms with E-state index in [1.165, 1.54) is 0 Å². The first-order chi connectivity index (χ1) is 12.2. The monoisotopic (exact) mass is 379 g/mol. The van der Waals surface area contributed by atoms with Crippen molar-refractivity contribution in [1.82, 2.24) is 4.98 Å². The molecule has 6 heteroatoms. The van der Waals surface area contributed by atoms with E-state index < -0.39 is 0 Å². The first-order valence-electron chi connectivity index (χ1n) is 8.83. The van der Waals surface area contributed by atoms with Crippen LogP contribution in [-0.4, -0.2) is 29.2 Å². The molecule has 1 aromatic heterocycles. The largest absolute Gasteiger partial charge is 0.486 e. The van der Waals surface area contributed by atoms with Crippen molar-refractivity contribution in [3.05, 3.63) is 29.3 Å². The lowest BCUT2D eigenvalue weighted by Gasteiger charge is -2.16. The Bertz CT molecular complexity index is 666. The zero-order valence-electron chi connectivity index (χ0n) is 14.8. The van der Waals surface area contributed by atoms with E-state index in [1.54, 1.807) is 11.3 Å².